The molecule has 3 aromatic rings. The van der Waals surface area contributed by atoms with Gasteiger partial charge in [-0.05, 0) is 49.1 Å². The van der Waals surface area contributed by atoms with Gasteiger partial charge >= 0.3 is 0 Å². The maximum absolute atomic E-state index is 12.2. The third-order valence-corrected chi connectivity index (χ3v) is 5.78. The molecule has 2 aromatic carbocycles. The Balaban J connectivity index is 1.39. The monoisotopic (exact) mass is 409 g/mol. The number of benzene rings is 2. The van der Waals surface area contributed by atoms with Crippen molar-refractivity contribution in [1.29, 1.82) is 0 Å². The number of amides is 1. The predicted octanol–water partition coefficient (Wildman–Crippen LogP) is 5.57. The van der Waals surface area contributed by atoms with E-state index in [0.29, 0.717) is 23.9 Å². The number of para-hydroxylation sites is 1. The summed E-state index contributed by atoms with van der Waals surface area (Å²) in [6.45, 7) is 6.15. The lowest BCUT2D eigenvalue weighted by Crippen LogP contribution is -2.13. The van der Waals surface area contributed by atoms with Gasteiger partial charge in [-0.3, -0.25) is 4.79 Å². The molecule has 1 aromatic heterocycles. The molecule has 0 radical (unpaired) electrons. The highest BCUT2D eigenvalue weighted by Crippen LogP contribution is 2.21. The van der Waals surface area contributed by atoms with E-state index in [2.05, 4.69) is 34.5 Å². The molecule has 0 unspecified atom stereocenters. The van der Waals surface area contributed by atoms with E-state index >= 15 is 0 Å². The van der Waals surface area contributed by atoms with Crippen LogP contribution in [-0.2, 0) is 17.0 Å². The highest BCUT2D eigenvalue weighted by atomic mass is 32.2. The van der Waals surface area contributed by atoms with Crippen molar-refractivity contribution in [2.24, 2.45) is 0 Å². The Morgan fingerprint density at radius 1 is 1.10 bits per heavy atom. The van der Waals surface area contributed by atoms with E-state index in [-0.39, 0.29) is 5.91 Å². The summed E-state index contributed by atoms with van der Waals surface area (Å²) >= 11 is 1.70. The Kier molecular flexibility index (Phi) is 7.47. The van der Waals surface area contributed by atoms with E-state index in [1.165, 1.54) is 5.56 Å². The van der Waals surface area contributed by atoms with Gasteiger partial charge in [0, 0.05) is 17.7 Å². The van der Waals surface area contributed by atoms with E-state index in [1.807, 2.05) is 44.2 Å². The van der Waals surface area contributed by atoms with Gasteiger partial charge in [0.1, 0.15) is 0 Å². The van der Waals surface area contributed by atoms with Crippen LogP contribution in [0.5, 0.6) is 0 Å². The first-order chi connectivity index (χ1) is 14.1. The van der Waals surface area contributed by atoms with Gasteiger partial charge in [-0.15, -0.1) is 0 Å². The normalized spacial score (nSPS) is 10.9. The van der Waals surface area contributed by atoms with Crippen LogP contribution >= 0.6 is 11.8 Å². The molecule has 5 nitrogen and oxygen atoms in total. The Hall–Kier alpha value is -2.60. The number of nitrogens with one attached hydrogen (secondary N) is 1. The molecule has 1 N–H and O–H groups in total. The number of rotatable bonds is 9. The molecular formula is C23H27N3O2S. The summed E-state index contributed by atoms with van der Waals surface area (Å²) in [4.78, 5) is 16.7. The molecule has 1 heterocycles. The smallest absolute Gasteiger partial charge is 0.236 e. The minimum absolute atomic E-state index is 0.0543. The van der Waals surface area contributed by atoms with Crippen LogP contribution < -0.4 is 5.32 Å². The number of hydrogen-bond donors (Lipinski definition) is 1. The van der Waals surface area contributed by atoms with Gasteiger partial charge in [0.05, 0.1) is 5.75 Å². The topological polar surface area (TPSA) is 68.0 Å². The maximum Gasteiger partial charge on any atom is 0.236 e. The van der Waals surface area contributed by atoms with Gasteiger partial charge in [0.2, 0.25) is 17.6 Å². The van der Waals surface area contributed by atoms with Gasteiger partial charge in [-0.2, -0.15) is 16.7 Å². The van der Waals surface area contributed by atoms with Crippen LogP contribution in [0, 0.1) is 13.8 Å². The zero-order valence-electron chi connectivity index (χ0n) is 17.2. The second kappa shape index (κ2) is 10.3. The minimum atomic E-state index is 0.0543. The van der Waals surface area contributed by atoms with Crippen LogP contribution in [0.3, 0.4) is 0 Å². The van der Waals surface area contributed by atoms with Crippen LogP contribution in [0.4, 0.5) is 5.69 Å². The van der Waals surface area contributed by atoms with E-state index in [1.54, 1.807) is 11.8 Å². The summed E-state index contributed by atoms with van der Waals surface area (Å²) in [6, 6.07) is 14.2. The number of nitrogens with zero attached hydrogens (tertiary/aromatic N) is 2. The second-order valence-electron chi connectivity index (χ2n) is 7.03. The summed E-state index contributed by atoms with van der Waals surface area (Å²) in [7, 11) is 0. The van der Waals surface area contributed by atoms with Crippen molar-refractivity contribution in [3.05, 3.63) is 65.0 Å². The average Bonchev–Trinajstić information content (AvgIpc) is 3.19. The fourth-order valence-corrected chi connectivity index (χ4v) is 3.81. The summed E-state index contributed by atoms with van der Waals surface area (Å²) < 4.78 is 5.35. The molecule has 0 aliphatic carbocycles. The standard InChI is InChI=1S/C23H27N3O2S/c1-4-18-10-12-19(13-11-18)23-25-21(28-26-23)15-29-14-6-9-20(27)24-22-16(2)7-5-8-17(22)3/h5,7-8,10-13H,4,6,9,14-15H2,1-3H3,(H,24,27). The quantitative estimate of drug-likeness (QED) is 0.468. The highest BCUT2D eigenvalue weighted by Gasteiger charge is 2.10. The number of anilines is 1. The molecular weight excluding hydrogens is 382 g/mol. The first-order valence-corrected chi connectivity index (χ1v) is 11.1. The molecule has 6 heteroatoms. The third-order valence-electron chi connectivity index (χ3n) is 4.75. The van der Waals surface area contributed by atoms with Crippen molar-refractivity contribution in [2.75, 3.05) is 11.1 Å². The predicted molar refractivity (Wildman–Crippen MR) is 119 cm³/mol. The molecule has 152 valence electrons. The summed E-state index contributed by atoms with van der Waals surface area (Å²) in [5.74, 6) is 2.81. The van der Waals surface area contributed by atoms with Crippen LogP contribution in [0.2, 0.25) is 0 Å². The van der Waals surface area contributed by atoms with E-state index in [9.17, 15) is 4.79 Å². The van der Waals surface area contributed by atoms with Gasteiger partial charge in [-0.1, -0.05) is 54.5 Å². The van der Waals surface area contributed by atoms with Gasteiger partial charge in [0.15, 0.2) is 0 Å². The molecule has 0 spiro atoms. The number of carbonyl (C=O) groups excluding carboxylic acids is 1. The fourth-order valence-electron chi connectivity index (χ4n) is 3.03. The lowest BCUT2D eigenvalue weighted by atomic mass is 10.1. The number of carbonyl (C=O) groups is 1. The van der Waals surface area contributed by atoms with E-state index in [4.69, 9.17) is 4.52 Å². The van der Waals surface area contributed by atoms with E-state index < -0.39 is 0 Å². The molecule has 1 amide bonds. The van der Waals surface area contributed by atoms with Gasteiger partial charge < -0.3 is 9.84 Å². The second-order valence-corrected chi connectivity index (χ2v) is 8.14. The van der Waals surface area contributed by atoms with Crippen molar-refractivity contribution in [2.45, 2.75) is 45.8 Å². The SMILES string of the molecule is CCc1ccc(-c2noc(CSCCCC(=O)Nc3c(C)cccc3C)n2)cc1. The zero-order chi connectivity index (χ0) is 20.6. The molecule has 0 saturated heterocycles. The average molecular weight is 410 g/mol. The maximum atomic E-state index is 12.2. The van der Waals surface area contributed by atoms with Crippen molar-refractivity contribution in [3.63, 3.8) is 0 Å². The Labute approximate surface area is 176 Å². The summed E-state index contributed by atoms with van der Waals surface area (Å²) in [6.07, 6.45) is 2.32. The Morgan fingerprint density at radius 2 is 1.83 bits per heavy atom. The van der Waals surface area contributed by atoms with Gasteiger partial charge in [0.25, 0.3) is 0 Å². The number of aromatic nitrogens is 2. The molecule has 3 rings (SSSR count). The Bertz CT molecular complexity index is 931. The van der Waals surface area contributed by atoms with Crippen molar-refractivity contribution in [3.8, 4) is 11.4 Å². The highest BCUT2D eigenvalue weighted by molar-refractivity contribution is 7.98. The molecule has 0 aliphatic rings. The minimum Gasteiger partial charge on any atom is -0.338 e. The van der Waals surface area contributed by atoms with Crippen LogP contribution in [0.1, 0.15) is 42.3 Å². The van der Waals surface area contributed by atoms with Crippen molar-refractivity contribution < 1.29 is 9.32 Å². The first-order valence-electron chi connectivity index (χ1n) is 9.92. The number of aryl methyl sites for hydroxylation is 3. The van der Waals surface area contributed by atoms with Crippen LogP contribution in [0.15, 0.2) is 47.0 Å². The molecule has 29 heavy (non-hydrogen) atoms. The molecule has 0 fully saturated rings. The molecule has 0 aliphatic heterocycles. The molecule has 0 saturated carbocycles. The first kappa shape index (κ1) is 21.1. The Morgan fingerprint density at radius 3 is 2.52 bits per heavy atom. The van der Waals surface area contributed by atoms with E-state index in [0.717, 1.165) is 41.0 Å². The van der Waals surface area contributed by atoms with Crippen molar-refractivity contribution >= 4 is 23.4 Å². The largest absolute Gasteiger partial charge is 0.338 e. The number of thioether (sulfide) groups is 1. The number of hydrogen-bond acceptors (Lipinski definition) is 5. The van der Waals surface area contributed by atoms with Crippen LogP contribution in [-0.4, -0.2) is 21.8 Å². The van der Waals surface area contributed by atoms with Crippen molar-refractivity contribution in [1.82, 2.24) is 10.1 Å². The lowest BCUT2D eigenvalue weighted by Gasteiger charge is -2.11. The summed E-state index contributed by atoms with van der Waals surface area (Å²) in [5.41, 5.74) is 5.35. The lowest BCUT2D eigenvalue weighted by molar-refractivity contribution is -0.116. The molecule has 0 bridgehead atoms. The third kappa shape index (κ3) is 5.94. The zero-order valence-corrected chi connectivity index (χ0v) is 18.0. The fraction of sp³-hybridized carbons (Fsp3) is 0.348. The summed E-state index contributed by atoms with van der Waals surface area (Å²) in [5, 5.41) is 7.10. The molecule has 0 atom stereocenters. The van der Waals surface area contributed by atoms with Gasteiger partial charge in [-0.25, -0.2) is 0 Å². The van der Waals surface area contributed by atoms with Crippen LogP contribution in [0.25, 0.3) is 11.4 Å².